The van der Waals surface area contributed by atoms with Crippen LogP contribution in [0.25, 0.3) is 0 Å². The molecule has 2 rings (SSSR count). The van der Waals surface area contributed by atoms with E-state index in [4.69, 9.17) is 0 Å². The van der Waals surface area contributed by atoms with Crippen LogP contribution in [0, 0.1) is 19.8 Å². The summed E-state index contributed by atoms with van der Waals surface area (Å²) in [4.78, 5) is 0. The maximum absolute atomic E-state index is 11.3. The smallest absolute Gasteiger partial charge is 0.187 e. The molecule has 0 heterocycles. The number of benzene rings is 2. The highest BCUT2D eigenvalue weighted by Gasteiger charge is 2.30. The van der Waals surface area contributed by atoms with Crippen LogP contribution in [0.4, 0.5) is 0 Å². The van der Waals surface area contributed by atoms with Crippen LogP contribution in [0.15, 0.2) is 24.3 Å². The van der Waals surface area contributed by atoms with Gasteiger partial charge in [-0.3, -0.25) is 0 Å². The lowest BCUT2D eigenvalue weighted by atomic mass is 9.76. The Labute approximate surface area is 194 Å². The van der Waals surface area contributed by atoms with Crippen molar-refractivity contribution in [3.63, 3.8) is 0 Å². The fraction of sp³-hybridized carbons (Fsp3) is 0.556. The van der Waals surface area contributed by atoms with E-state index < -0.39 is 0 Å². The topological polar surface area (TPSA) is 40.5 Å². The average Bonchev–Trinajstić information content (AvgIpc) is 2.54. The van der Waals surface area contributed by atoms with Crippen molar-refractivity contribution in [3.8, 4) is 11.5 Å². The summed E-state index contributed by atoms with van der Waals surface area (Å²) in [6, 6.07) is 8.36. The molecule has 166 valence electrons. The number of phenols is 2. The van der Waals surface area contributed by atoms with Crippen LogP contribution in [-0.4, -0.2) is 27.6 Å². The molecular formula is C27H43AlO2. The van der Waals surface area contributed by atoms with Gasteiger partial charge in [0.1, 0.15) is 11.5 Å². The highest BCUT2D eigenvalue weighted by atomic mass is 27.0. The van der Waals surface area contributed by atoms with Crippen molar-refractivity contribution in [1.29, 1.82) is 0 Å². The third-order valence-electron chi connectivity index (χ3n) is 5.64. The number of aryl methyl sites for hydroxylation is 2. The summed E-state index contributed by atoms with van der Waals surface area (Å²) < 4.78 is 0. The van der Waals surface area contributed by atoms with Gasteiger partial charge in [-0.05, 0) is 48.1 Å². The molecule has 30 heavy (non-hydrogen) atoms. The van der Waals surface area contributed by atoms with Gasteiger partial charge in [0.05, 0.1) is 0 Å². The first-order valence-corrected chi connectivity index (χ1v) is 10.8. The fourth-order valence-electron chi connectivity index (χ4n) is 4.18. The van der Waals surface area contributed by atoms with Crippen molar-refractivity contribution >= 4 is 17.4 Å². The second-order valence-corrected chi connectivity index (χ2v) is 11.2. The number of hydrogen-bond donors (Lipinski definition) is 2. The minimum Gasteiger partial charge on any atom is -0.507 e. The first-order chi connectivity index (χ1) is 13.1. The minimum atomic E-state index is -0.154. The molecule has 3 heteroatoms. The van der Waals surface area contributed by atoms with Crippen molar-refractivity contribution in [3.05, 3.63) is 57.6 Å². The van der Waals surface area contributed by atoms with Crippen molar-refractivity contribution in [2.75, 3.05) is 0 Å². The molecular weight excluding hydrogens is 383 g/mol. The van der Waals surface area contributed by atoms with Crippen LogP contribution in [0.2, 0.25) is 0 Å². The molecule has 2 nitrogen and oxygen atoms in total. The molecule has 0 atom stereocenters. The van der Waals surface area contributed by atoms with Gasteiger partial charge in [-0.15, -0.1) is 0 Å². The Balaban J connectivity index is 0.00000450. The number of rotatable bonds is 4. The van der Waals surface area contributed by atoms with Crippen molar-refractivity contribution < 1.29 is 10.2 Å². The van der Waals surface area contributed by atoms with Crippen molar-refractivity contribution in [2.24, 2.45) is 5.92 Å². The lowest BCUT2D eigenvalue weighted by molar-refractivity contribution is 0.417. The Morgan fingerprint density at radius 2 is 1.03 bits per heavy atom. The summed E-state index contributed by atoms with van der Waals surface area (Å²) in [7, 11) is 0. The fourth-order valence-corrected chi connectivity index (χ4v) is 4.18. The molecule has 0 aliphatic carbocycles. The lowest BCUT2D eigenvalue weighted by Crippen LogP contribution is -2.16. The summed E-state index contributed by atoms with van der Waals surface area (Å²) in [5.74, 6) is 1.10. The molecule has 0 saturated heterocycles. The van der Waals surface area contributed by atoms with Crippen molar-refractivity contribution in [2.45, 2.75) is 92.4 Å². The molecule has 2 aromatic rings. The highest BCUT2D eigenvalue weighted by molar-refractivity contribution is 5.75. The average molecular weight is 427 g/mol. The van der Waals surface area contributed by atoms with Gasteiger partial charge in [0.2, 0.25) is 0 Å². The van der Waals surface area contributed by atoms with E-state index in [2.05, 4.69) is 93.5 Å². The van der Waals surface area contributed by atoms with E-state index in [-0.39, 0.29) is 34.1 Å². The largest absolute Gasteiger partial charge is 0.507 e. The standard InChI is InChI=1S/C27H40O2.Al.3H/c1-16(2)11-19(20-12-17(3)14-22(24(20)28)26(5,6)7)21-13-18(4)15-23(25(21)29)27(8,9)10;;;;/h12-16,19,28-29H,11H2,1-10H3;;;;. The van der Waals surface area contributed by atoms with Gasteiger partial charge in [-0.25, -0.2) is 0 Å². The summed E-state index contributed by atoms with van der Waals surface area (Å²) in [5, 5.41) is 22.6. The van der Waals surface area contributed by atoms with Crippen LogP contribution >= 0.6 is 0 Å². The zero-order chi connectivity index (χ0) is 22.3. The molecule has 0 unspecified atom stereocenters. The summed E-state index contributed by atoms with van der Waals surface area (Å²) in [6.07, 6.45) is 0.862. The van der Waals surface area contributed by atoms with E-state index >= 15 is 0 Å². The van der Waals surface area contributed by atoms with Crippen LogP contribution in [0.3, 0.4) is 0 Å². The van der Waals surface area contributed by atoms with Gasteiger partial charge in [-0.1, -0.05) is 90.8 Å². The first kappa shape index (κ1) is 26.6. The van der Waals surface area contributed by atoms with E-state index in [9.17, 15) is 10.2 Å². The summed E-state index contributed by atoms with van der Waals surface area (Å²) in [6.45, 7) is 21.3. The first-order valence-electron chi connectivity index (χ1n) is 10.8. The zero-order valence-electron chi connectivity index (χ0n) is 20.1. The van der Waals surface area contributed by atoms with E-state index in [1.165, 1.54) is 0 Å². The summed E-state index contributed by atoms with van der Waals surface area (Å²) in [5.41, 5.74) is 5.73. The number of aromatic hydroxyl groups is 2. The number of phenolic OH excluding ortho intramolecular Hbond substituents is 2. The quantitative estimate of drug-likeness (QED) is 0.563. The Morgan fingerprint density at radius 3 is 1.30 bits per heavy atom. The predicted octanol–water partition coefficient (Wildman–Crippen LogP) is 6.30. The second-order valence-electron chi connectivity index (χ2n) is 11.2. The Morgan fingerprint density at radius 1 is 0.700 bits per heavy atom. The molecule has 0 amide bonds. The van der Waals surface area contributed by atoms with Gasteiger partial charge in [0.15, 0.2) is 17.4 Å². The molecule has 0 aromatic heterocycles. The van der Waals surface area contributed by atoms with Gasteiger partial charge in [0, 0.05) is 17.0 Å². The minimum absolute atomic E-state index is 0. The van der Waals surface area contributed by atoms with Crippen LogP contribution in [0.1, 0.15) is 101 Å². The molecule has 0 aliphatic heterocycles. The van der Waals surface area contributed by atoms with Gasteiger partial charge >= 0.3 is 0 Å². The lowest BCUT2D eigenvalue weighted by Gasteiger charge is -2.30. The third-order valence-corrected chi connectivity index (χ3v) is 5.64. The van der Waals surface area contributed by atoms with E-state index in [1.54, 1.807) is 0 Å². The molecule has 0 spiro atoms. The Kier molecular flexibility index (Phi) is 8.31. The molecule has 0 fully saturated rings. The van der Waals surface area contributed by atoms with Crippen LogP contribution in [0.5, 0.6) is 11.5 Å². The molecule has 0 aliphatic rings. The SMILES string of the molecule is Cc1cc(C(CC(C)C)c2cc(C)cc(C(C)(C)C)c2O)c(O)c(C(C)(C)C)c1.[AlH3]. The van der Waals surface area contributed by atoms with E-state index in [0.717, 1.165) is 39.8 Å². The zero-order valence-corrected chi connectivity index (χ0v) is 20.1. The Hall–Kier alpha value is -1.43. The number of hydrogen-bond acceptors (Lipinski definition) is 2. The maximum atomic E-state index is 11.3. The van der Waals surface area contributed by atoms with Crippen LogP contribution in [-0.2, 0) is 10.8 Å². The second kappa shape index (κ2) is 9.37. The summed E-state index contributed by atoms with van der Waals surface area (Å²) >= 11 is 0. The molecule has 0 radical (unpaired) electrons. The normalized spacial score (nSPS) is 12.4. The van der Waals surface area contributed by atoms with Gasteiger partial charge < -0.3 is 10.2 Å². The molecule has 2 aromatic carbocycles. The van der Waals surface area contributed by atoms with Gasteiger partial charge in [0.25, 0.3) is 0 Å². The van der Waals surface area contributed by atoms with Crippen molar-refractivity contribution in [1.82, 2.24) is 0 Å². The predicted molar refractivity (Wildman–Crippen MR) is 134 cm³/mol. The third kappa shape index (κ3) is 5.83. The van der Waals surface area contributed by atoms with Gasteiger partial charge in [-0.2, -0.15) is 0 Å². The van der Waals surface area contributed by atoms with E-state index in [1.807, 2.05) is 0 Å². The Bertz CT molecular complexity index is 814. The maximum Gasteiger partial charge on any atom is 0.187 e. The molecule has 2 N–H and O–H groups in total. The van der Waals surface area contributed by atoms with Crippen LogP contribution < -0.4 is 0 Å². The molecule has 0 saturated carbocycles. The molecule has 0 bridgehead atoms. The highest BCUT2D eigenvalue weighted by Crippen LogP contribution is 2.46. The van der Waals surface area contributed by atoms with E-state index in [0.29, 0.717) is 17.4 Å². The monoisotopic (exact) mass is 426 g/mol.